The molecule has 0 saturated carbocycles. The van der Waals surface area contributed by atoms with Crippen LogP contribution < -0.4 is 10.7 Å². The van der Waals surface area contributed by atoms with Crippen LogP contribution in [0.5, 0.6) is 0 Å². The molecule has 0 aliphatic carbocycles. The Kier molecular flexibility index (Phi) is 6.16. The number of carbonyl (C=O) groups excluding carboxylic acids is 2. The summed E-state index contributed by atoms with van der Waals surface area (Å²) in [5, 5.41) is 4.60. The first-order valence-electron chi connectivity index (χ1n) is 9.61. The first kappa shape index (κ1) is 21.9. The topological polar surface area (TPSA) is 79.9 Å². The fourth-order valence-electron chi connectivity index (χ4n) is 2.94. The lowest BCUT2D eigenvalue weighted by molar-refractivity contribution is -0.00852. The molecule has 2 N–H and O–H groups in total. The fraction of sp³-hybridized carbons (Fsp3) is 0.619. The van der Waals surface area contributed by atoms with Crippen molar-refractivity contribution in [2.24, 2.45) is 0 Å². The summed E-state index contributed by atoms with van der Waals surface area (Å²) < 4.78 is 10.8. The Labute approximate surface area is 167 Å². The molecule has 0 saturated heterocycles. The molecule has 0 aromatic heterocycles. The van der Waals surface area contributed by atoms with Crippen molar-refractivity contribution in [3.63, 3.8) is 0 Å². The van der Waals surface area contributed by atoms with E-state index in [9.17, 15) is 9.59 Å². The maximum Gasteiger partial charge on any atom is 0.429 e. The summed E-state index contributed by atoms with van der Waals surface area (Å²) in [5.41, 5.74) is 5.77. The van der Waals surface area contributed by atoms with E-state index in [1.807, 2.05) is 0 Å². The maximum absolute atomic E-state index is 12.8. The molecule has 0 radical (unpaired) electrons. The van der Waals surface area contributed by atoms with Crippen LogP contribution in [-0.2, 0) is 15.9 Å². The number of aryl methyl sites for hydroxylation is 2. The summed E-state index contributed by atoms with van der Waals surface area (Å²) in [7, 11) is 0. The summed E-state index contributed by atoms with van der Waals surface area (Å²) in [4.78, 5) is 25.1. The number of fused-ring (bicyclic) bond motifs is 1. The molecule has 1 heterocycles. The number of nitrogens with one attached hydrogen (secondary N) is 2. The van der Waals surface area contributed by atoms with Gasteiger partial charge in [0.2, 0.25) is 0 Å². The van der Waals surface area contributed by atoms with Crippen LogP contribution in [0, 0.1) is 13.8 Å². The Balaban J connectivity index is 2.24. The summed E-state index contributed by atoms with van der Waals surface area (Å²) in [6, 6.07) is 3.92. The summed E-state index contributed by atoms with van der Waals surface area (Å²) in [6.45, 7) is 15.3. The highest BCUT2D eigenvalue weighted by Crippen LogP contribution is 2.27. The number of hydrogen-bond donors (Lipinski definition) is 2. The molecule has 7 nitrogen and oxygen atoms in total. The van der Waals surface area contributed by atoms with Crippen LogP contribution in [0.1, 0.15) is 58.2 Å². The Morgan fingerprint density at radius 1 is 1.04 bits per heavy atom. The molecule has 28 heavy (non-hydrogen) atoms. The minimum atomic E-state index is -0.691. The molecular formula is C21H33N3O4. The van der Waals surface area contributed by atoms with Gasteiger partial charge in [0.15, 0.2) is 0 Å². The Bertz CT molecular complexity index is 747. The van der Waals surface area contributed by atoms with Crippen molar-refractivity contribution in [2.75, 3.05) is 11.9 Å². The van der Waals surface area contributed by atoms with Crippen molar-refractivity contribution >= 4 is 17.9 Å². The maximum atomic E-state index is 12.8. The van der Waals surface area contributed by atoms with Gasteiger partial charge in [-0.05, 0) is 84.6 Å². The van der Waals surface area contributed by atoms with Gasteiger partial charge in [0, 0.05) is 12.2 Å². The molecule has 0 bridgehead atoms. The molecule has 1 aliphatic rings. The van der Waals surface area contributed by atoms with Crippen LogP contribution in [0.25, 0.3) is 0 Å². The highest BCUT2D eigenvalue weighted by molar-refractivity contribution is 5.75. The summed E-state index contributed by atoms with van der Waals surface area (Å²) in [6.07, 6.45) is -0.708. The van der Waals surface area contributed by atoms with E-state index in [0.717, 1.165) is 11.3 Å². The van der Waals surface area contributed by atoms with Crippen molar-refractivity contribution in [2.45, 2.75) is 79.1 Å². The zero-order chi connectivity index (χ0) is 21.3. The van der Waals surface area contributed by atoms with E-state index in [-0.39, 0.29) is 6.04 Å². The molecule has 1 aromatic carbocycles. The standard InChI is InChI=1S/C21H33N3O4/c1-13-9-15-11-16(12-22-17(15)10-14(13)2)24(19(26)28-21(6,7)8)23-18(25)27-20(3,4)5/h9-10,16,22H,11-12H2,1-8H3,(H,23,25). The van der Waals surface area contributed by atoms with Crippen molar-refractivity contribution in [1.82, 2.24) is 10.4 Å². The van der Waals surface area contributed by atoms with Gasteiger partial charge in [0.1, 0.15) is 11.2 Å². The fourth-order valence-corrected chi connectivity index (χ4v) is 2.94. The quantitative estimate of drug-likeness (QED) is 0.697. The van der Waals surface area contributed by atoms with Crippen LogP contribution in [-0.4, -0.2) is 41.0 Å². The zero-order valence-corrected chi connectivity index (χ0v) is 18.2. The SMILES string of the molecule is Cc1cc2c(cc1C)NCC(N(NC(=O)OC(C)(C)C)C(=O)OC(C)(C)C)C2. The van der Waals surface area contributed by atoms with Crippen molar-refractivity contribution in [3.05, 3.63) is 28.8 Å². The molecular weight excluding hydrogens is 358 g/mol. The Morgan fingerprint density at radius 3 is 2.18 bits per heavy atom. The number of carbonyl (C=O) groups is 2. The Hall–Kier alpha value is -2.44. The van der Waals surface area contributed by atoms with Gasteiger partial charge in [-0.2, -0.15) is 0 Å². The third kappa shape index (κ3) is 6.04. The van der Waals surface area contributed by atoms with Gasteiger partial charge >= 0.3 is 12.2 Å². The van der Waals surface area contributed by atoms with E-state index >= 15 is 0 Å². The number of benzene rings is 1. The van der Waals surface area contributed by atoms with Gasteiger partial charge in [-0.3, -0.25) is 0 Å². The lowest BCUT2D eigenvalue weighted by Gasteiger charge is -2.36. The van der Waals surface area contributed by atoms with Crippen LogP contribution in [0.2, 0.25) is 0 Å². The summed E-state index contributed by atoms with van der Waals surface area (Å²) in [5.74, 6) is 0. The lowest BCUT2D eigenvalue weighted by atomic mass is 9.95. The molecule has 1 atom stereocenters. The lowest BCUT2D eigenvalue weighted by Crippen LogP contribution is -2.57. The van der Waals surface area contributed by atoms with Crippen molar-refractivity contribution in [1.29, 1.82) is 0 Å². The van der Waals surface area contributed by atoms with Crippen molar-refractivity contribution < 1.29 is 19.1 Å². The first-order valence-corrected chi connectivity index (χ1v) is 9.61. The van der Waals surface area contributed by atoms with Crippen LogP contribution in [0.3, 0.4) is 0 Å². The predicted octanol–water partition coefficient (Wildman–Crippen LogP) is 4.32. The number of nitrogens with zero attached hydrogens (tertiary/aromatic N) is 1. The monoisotopic (exact) mass is 391 g/mol. The molecule has 7 heteroatoms. The number of anilines is 1. The number of amides is 2. The van der Waals surface area contributed by atoms with Gasteiger partial charge in [0.25, 0.3) is 0 Å². The van der Waals surface area contributed by atoms with E-state index in [1.165, 1.54) is 16.1 Å². The molecule has 0 spiro atoms. The van der Waals surface area contributed by atoms with E-state index in [4.69, 9.17) is 9.47 Å². The van der Waals surface area contributed by atoms with E-state index in [0.29, 0.717) is 13.0 Å². The van der Waals surface area contributed by atoms with Crippen LogP contribution in [0.15, 0.2) is 12.1 Å². The molecule has 1 unspecified atom stereocenters. The molecule has 2 amide bonds. The predicted molar refractivity (Wildman–Crippen MR) is 109 cm³/mol. The number of rotatable bonds is 1. The molecule has 2 rings (SSSR count). The largest absolute Gasteiger partial charge is 0.443 e. The number of ether oxygens (including phenoxy) is 2. The van der Waals surface area contributed by atoms with E-state index < -0.39 is 23.4 Å². The summed E-state index contributed by atoms with van der Waals surface area (Å²) >= 11 is 0. The number of hydrogen-bond acceptors (Lipinski definition) is 5. The van der Waals surface area contributed by atoms with E-state index in [1.54, 1.807) is 41.5 Å². The minimum absolute atomic E-state index is 0.308. The van der Waals surface area contributed by atoms with Gasteiger partial charge in [0.05, 0.1) is 6.04 Å². The molecule has 1 aliphatic heterocycles. The third-order valence-electron chi connectivity index (χ3n) is 4.27. The van der Waals surface area contributed by atoms with Gasteiger partial charge in [-0.15, -0.1) is 0 Å². The molecule has 156 valence electrons. The zero-order valence-electron chi connectivity index (χ0n) is 18.2. The first-order chi connectivity index (χ1) is 12.7. The van der Waals surface area contributed by atoms with Crippen molar-refractivity contribution in [3.8, 4) is 0 Å². The van der Waals surface area contributed by atoms with Gasteiger partial charge in [-0.25, -0.2) is 20.0 Å². The normalized spacial score (nSPS) is 16.5. The van der Waals surface area contributed by atoms with Gasteiger partial charge in [-0.1, -0.05) is 6.07 Å². The second-order valence-corrected chi connectivity index (χ2v) is 9.30. The highest BCUT2D eigenvalue weighted by atomic mass is 16.6. The molecule has 0 fully saturated rings. The molecule has 1 aromatic rings. The van der Waals surface area contributed by atoms with Crippen LogP contribution >= 0.6 is 0 Å². The third-order valence-corrected chi connectivity index (χ3v) is 4.27. The smallest absolute Gasteiger partial charge is 0.429 e. The number of hydrazine groups is 1. The average Bonchev–Trinajstić information content (AvgIpc) is 2.50. The van der Waals surface area contributed by atoms with Gasteiger partial charge < -0.3 is 14.8 Å². The van der Waals surface area contributed by atoms with Crippen LogP contribution in [0.4, 0.5) is 15.3 Å². The second kappa shape index (κ2) is 7.89. The highest BCUT2D eigenvalue weighted by Gasteiger charge is 2.33. The van der Waals surface area contributed by atoms with E-state index in [2.05, 4.69) is 36.7 Å². The second-order valence-electron chi connectivity index (χ2n) is 9.30. The Morgan fingerprint density at radius 2 is 1.61 bits per heavy atom. The average molecular weight is 392 g/mol. The minimum Gasteiger partial charge on any atom is -0.443 e.